The van der Waals surface area contributed by atoms with Crippen LogP contribution in [0.25, 0.3) is 0 Å². The van der Waals surface area contributed by atoms with Gasteiger partial charge in [0.25, 0.3) is 5.91 Å². The van der Waals surface area contributed by atoms with Gasteiger partial charge in [-0.05, 0) is 25.3 Å². The summed E-state index contributed by atoms with van der Waals surface area (Å²) in [6, 6.07) is 3.46. The van der Waals surface area contributed by atoms with Crippen LogP contribution in [-0.2, 0) is 4.79 Å². The van der Waals surface area contributed by atoms with Crippen molar-refractivity contribution in [1.29, 1.82) is 0 Å². The maximum Gasteiger partial charge on any atom is 0.261 e. The fourth-order valence-corrected chi connectivity index (χ4v) is 1.67. The van der Waals surface area contributed by atoms with Gasteiger partial charge in [0.2, 0.25) is 5.91 Å². The van der Waals surface area contributed by atoms with E-state index in [0.717, 1.165) is 0 Å². The summed E-state index contributed by atoms with van der Waals surface area (Å²) in [5.41, 5.74) is -0.951. The minimum absolute atomic E-state index is 0.0905. The number of carbonyl (C=O) groups excluding carboxylic acids is 2. The average molecular weight is 256 g/mol. The molecular weight excluding hydrogens is 240 g/mol. The van der Waals surface area contributed by atoms with Gasteiger partial charge in [0.15, 0.2) is 0 Å². The quantitative estimate of drug-likeness (QED) is 0.712. The van der Waals surface area contributed by atoms with E-state index in [9.17, 15) is 14.7 Å². The van der Waals surface area contributed by atoms with E-state index >= 15 is 0 Å². The van der Waals surface area contributed by atoms with E-state index in [1.807, 2.05) is 0 Å². The van der Waals surface area contributed by atoms with Crippen molar-refractivity contribution in [3.63, 3.8) is 0 Å². The third-order valence-corrected chi connectivity index (χ3v) is 2.74. The SMILES string of the molecule is CC(C)(O)CNC(=O)CNC(=O)c1cccs1. The van der Waals surface area contributed by atoms with Crippen molar-refractivity contribution in [3.8, 4) is 0 Å². The van der Waals surface area contributed by atoms with Crippen LogP contribution >= 0.6 is 11.3 Å². The van der Waals surface area contributed by atoms with Gasteiger partial charge >= 0.3 is 0 Å². The first kappa shape index (κ1) is 13.7. The number of carbonyl (C=O) groups is 2. The van der Waals surface area contributed by atoms with E-state index in [1.54, 1.807) is 31.4 Å². The van der Waals surface area contributed by atoms with Crippen LogP contribution in [0.2, 0.25) is 0 Å². The lowest BCUT2D eigenvalue weighted by Gasteiger charge is -2.17. The predicted molar refractivity (Wildman–Crippen MR) is 66.0 cm³/mol. The Balaban J connectivity index is 2.27. The van der Waals surface area contributed by atoms with Gasteiger partial charge in [-0.25, -0.2) is 0 Å². The van der Waals surface area contributed by atoms with Crippen molar-refractivity contribution in [2.75, 3.05) is 13.1 Å². The van der Waals surface area contributed by atoms with Crippen LogP contribution in [0, 0.1) is 0 Å². The molecular formula is C11H16N2O3S. The Kier molecular flexibility index (Phi) is 4.65. The molecule has 5 nitrogen and oxygen atoms in total. The molecule has 0 aliphatic rings. The number of nitrogens with one attached hydrogen (secondary N) is 2. The van der Waals surface area contributed by atoms with Gasteiger partial charge in [-0.1, -0.05) is 6.07 Å². The fraction of sp³-hybridized carbons (Fsp3) is 0.455. The Bertz CT molecular complexity index is 382. The Hall–Kier alpha value is -1.40. The van der Waals surface area contributed by atoms with Crippen molar-refractivity contribution >= 4 is 23.2 Å². The van der Waals surface area contributed by atoms with Crippen molar-refractivity contribution < 1.29 is 14.7 Å². The van der Waals surface area contributed by atoms with Gasteiger partial charge in [-0.15, -0.1) is 11.3 Å². The molecule has 0 aliphatic heterocycles. The zero-order chi connectivity index (χ0) is 12.9. The Labute approximate surface area is 104 Å². The fourth-order valence-electron chi connectivity index (χ4n) is 1.03. The van der Waals surface area contributed by atoms with Crippen LogP contribution in [-0.4, -0.2) is 35.6 Å². The molecule has 0 atom stereocenters. The summed E-state index contributed by atoms with van der Waals surface area (Å²) in [6.45, 7) is 3.25. The molecule has 6 heteroatoms. The zero-order valence-corrected chi connectivity index (χ0v) is 10.6. The monoisotopic (exact) mass is 256 g/mol. The lowest BCUT2D eigenvalue weighted by Crippen LogP contribution is -2.43. The maximum atomic E-state index is 11.5. The number of rotatable bonds is 5. The van der Waals surface area contributed by atoms with Gasteiger partial charge in [-0.3, -0.25) is 9.59 Å². The molecule has 1 heterocycles. The highest BCUT2D eigenvalue weighted by Gasteiger charge is 2.14. The molecule has 2 amide bonds. The number of hydrogen-bond donors (Lipinski definition) is 3. The highest BCUT2D eigenvalue weighted by atomic mass is 32.1. The highest BCUT2D eigenvalue weighted by molar-refractivity contribution is 7.12. The average Bonchev–Trinajstić information content (AvgIpc) is 2.75. The van der Waals surface area contributed by atoms with E-state index in [1.165, 1.54) is 11.3 Å². The highest BCUT2D eigenvalue weighted by Crippen LogP contribution is 2.07. The first-order valence-electron chi connectivity index (χ1n) is 5.19. The molecule has 0 bridgehead atoms. The van der Waals surface area contributed by atoms with Crippen LogP contribution < -0.4 is 10.6 Å². The summed E-state index contributed by atoms with van der Waals surface area (Å²) in [6.07, 6.45) is 0. The van der Waals surface area contributed by atoms with Gasteiger partial charge in [0, 0.05) is 6.54 Å². The van der Waals surface area contributed by atoms with Crippen LogP contribution in [0.5, 0.6) is 0 Å². The van der Waals surface area contributed by atoms with Gasteiger partial charge < -0.3 is 15.7 Å². The molecule has 0 saturated heterocycles. The van der Waals surface area contributed by atoms with E-state index in [2.05, 4.69) is 10.6 Å². The number of thiophene rings is 1. The Morgan fingerprint density at radius 3 is 2.65 bits per heavy atom. The number of aliphatic hydroxyl groups is 1. The molecule has 0 unspecified atom stereocenters. The van der Waals surface area contributed by atoms with Crippen molar-refractivity contribution in [1.82, 2.24) is 10.6 Å². The topological polar surface area (TPSA) is 78.4 Å². The number of amides is 2. The molecule has 94 valence electrons. The third-order valence-electron chi connectivity index (χ3n) is 1.87. The van der Waals surface area contributed by atoms with E-state index in [0.29, 0.717) is 4.88 Å². The van der Waals surface area contributed by atoms with Crippen LogP contribution in [0.4, 0.5) is 0 Å². The van der Waals surface area contributed by atoms with E-state index in [-0.39, 0.29) is 24.9 Å². The normalized spacial score (nSPS) is 11.0. The molecule has 0 saturated carbocycles. The second-order valence-corrected chi connectivity index (χ2v) is 5.20. The maximum absolute atomic E-state index is 11.5. The molecule has 1 aromatic rings. The van der Waals surface area contributed by atoms with Crippen molar-refractivity contribution in [2.24, 2.45) is 0 Å². The van der Waals surface area contributed by atoms with Crippen LogP contribution in [0.15, 0.2) is 17.5 Å². The first-order chi connectivity index (χ1) is 7.88. The predicted octanol–water partition coefficient (Wildman–Crippen LogP) is 0.365. The molecule has 3 N–H and O–H groups in total. The number of hydrogen-bond acceptors (Lipinski definition) is 4. The molecule has 1 rings (SSSR count). The van der Waals surface area contributed by atoms with Crippen molar-refractivity contribution in [3.05, 3.63) is 22.4 Å². The molecule has 0 radical (unpaired) electrons. The lowest BCUT2D eigenvalue weighted by atomic mass is 10.1. The second kappa shape index (κ2) is 5.79. The first-order valence-corrected chi connectivity index (χ1v) is 6.07. The Morgan fingerprint density at radius 1 is 1.41 bits per heavy atom. The van der Waals surface area contributed by atoms with Gasteiger partial charge in [0.05, 0.1) is 17.0 Å². The molecule has 0 aliphatic carbocycles. The van der Waals surface area contributed by atoms with Gasteiger partial charge in [0.1, 0.15) is 0 Å². The van der Waals surface area contributed by atoms with Crippen LogP contribution in [0.3, 0.4) is 0 Å². The van der Waals surface area contributed by atoms with E-state index < -0.39 is 5.60 Å². The molecule has 0 aromatic carbocycles. The lowest BCUT2D eigenvalue weighted by molar-refractivity contribution is -0.121. The third kappa shape index (κ3) is 5.46. The minimum atomic E-state index is -0.951. The molecule has 17 heavy (non-hydrogen) atoms. The summed E-state index contributed by atoms with van der Waals surface area (Å²) in [7, 11) is 0. The molecule has 0 fully saturated rings. The summed E-state index contributed by atoms with van der Waals surface area (Å²) >= 11 is 1.32. The van der Waals surface area contributed by atoms with E-state index in [4.69, 9.17) is 0 Å². The smallest absolute Gasteiger partial charge is 0.261 e. The van der Waals surface area contributed by atoms with Gasteiger partial charge in [-0.2, -0.15) is 0 Å². The summed E-state index contributed by atoms with van der Waals surface area (Å²) in [5.74, 6) is -0.588. The molecule has 0 spiro atoms. The summed E-state index contributed by atoms with van der Waals surface area (Å²) in [5, 5.41) is 16.2. The summed E-state index contributed by atoms with van der Waals surface area (Å²) < 4.78 is 0. The minimum Gasteiger partial charge on any atom is -0.389 e. The largest absolute Gasteiger partial charge is 0.389 e. The van der Waals surface area contributed by atoms with Crippen molar-refractivity contribution in [2.45, 2.75) is 19.4 Å². The second-order valence-electron chi connectivity index (χ2n) is 4.25. The summed E-state index contributed by atoms with van der Waals surface area (Å²) in [4.78, 5) is 23.4. The zero-order valence-electron chi connectivity index (χ0n) is 9.82. The van der Waals surface area contributed by atoms with Crippen LogP contribution in [0.1, 0.15) is 23.5 Å². The Morgan fingerprint density at radius 2 is 2.12 bits per heavy atom. The standard InChI is InChI=1S/C11H16N2O3S/c1-11(2,16)7-13-9(14)6-12-10(15)8-4-3-5-17-8/h3-5,16H,6-7H2,1-2H3,(H,12,15)(H,13,14). The molecule has 1 aromatic heterocycles.